The molecule has 3 heterocycles. The zero-order chi connectivity index (χ0) is 27.5. The van der Waals surface area contributed by atoms with Crippen LogP contribution in [0.1, 0.15) is 50.2 Å². The van der Waals surface area contributed by atoms with E-state index in [4.69, 9.17) is 25.7 Å². The van der Waals surface area contributed by atoms with Gasteiger partial charge in [0.05, 0.1) is 11.8 Å². The molecule has 5 N–H and O–H groups in total. The number of nitrogens with one attached hydrogen (secondary N) is 1. The van der Waals surface area contributed by atoms with E-state index in [0.29, 0.717) is 49.1 Å². The van der Waals surface area contributed by atoms with E-state index in [1.165, 1.54) is 4.90 Å². The van der Waals surface area contributed by atoms with E-state index in [2.05, 4.69) is 9.69 Å². The molecule has 39 heavy (non-hydrogen) atoms. The van der Waals surface area contributed by atoms with Crippen LogP contribution in [0.3, 0.4) is 0 Å². The second-order valence-electron chi connectivity index (χ2n) is 9.33. The van der Waals surface area contributed by atoms with Gasteiger partial charge in [-0.05, 0) is 49.0 Å². The van der Waals surface area contributed by atoms with Crippen LogP contribution >= 0.6 is 11.5 Å². The molecule has 0 spiro atoms. The zero-order valence-corrected chi connectivity index (χ0v) is 22.2. The fourth-order valence-electron chi connectivity index (χ4n) is 4.59. The lowest BCUT2D eigenvalue weighted by atomic mass is 10.0. The summed E-state index contributed by atoms with van der Waals surface area (Å²) in [5, 5.41) is 2.96. The summed E-state index contributed by atoms with van der Waals surface area (Å²) in [6, 6.07) is 11.2. The van der Waals surface area contributed by atoms with Crippen molar-refractivity contribution in [3.05, 3.63) is 64.2 Å². The van der Waals surface area contributed by atoms with Crippen LogP contribution in [0.2, 0.25) is 0 Å². The van der Waals surface area contributed by atoms with E-state index < -0.39 is 23.8 Å². The molecule has 11 nitrogen and oxygen atoms in total. The number of hydrogen-bond acceptors (Lipinski definition) is 9. The number of aromatic nitrogens is 1. The number of nitrogens with two attached hydrogens (primary N) is 2. The number of fused-ring (bicyclic) bond motifs is 1. The molecule has 5 rings (SSSR count). The minimum atomic E-state index is -1.10. The molecular weight excluding hydrogens is 522 g/mol. The van der Waals surface area contributed by atoms with Crippen molar-refractivity contribution < 1.29 is 28.6 Å². The van der Waals surface area contributed by atoms with Crippen molar-refractivity contribution in [3.63, 3.8) is 0 Å². The van der Waals surface area contributed by atoms with Gasteiger partial charge in [0.1, 0.15) is 24.1 Å². The molecule has 0 radical (unpaired) electrons. The number of nitrogen functional groups attached to an aromatic ring is 1. The number of nitrogens with zero attached hydrogens (tertiary/aromatic N) is 2. The maximum atomic E-state index is 14.2. The molecule has 1 fully saturated rings. The highest BCUT2D eigenvalue weighted by Crippen LogP contribution is 2.39. The van der Waals surface area contributed by atoms with E-state index in [-0.39, 0.29) is 22.4 Å². The molecule has 0 bridgehead atoms. The van der Waals surface area contributed by atoms with Gasteiger partial charge < -0.3 is 31.0 Å². The van der Waals surface area contributed by atoms with Gasteiger partial charge in [0, 0.05) is 24.9 Å². The largest absolute Gasteiger partial charge is 0.486 e. The first-order valence-electron chi connectivity index (χ1n) is 12.6. The van der Waals surface area contributed by atoms with Gasteiger partial charge in [0.25, 0.3) is 11.8 Å². The number of carbonyl (C=O) groups is 3. The molecule has 0 aliphatic carbocycles. The fourth-order valence-corrected chi connectivity index (χ4v) is 5.33. The van der Waals surface area contributed by atoms with E-state index in [1.54, 1.807) is 30.3 Å². The summed E-state index contributed by atoms with van der Waals surface area (Å²) < 4.78 is 21.1. The van der Waals surface area contributed by atoms with Crippen LogP contribution < -0.4 is 31.2 Å². The van der Waals surface area contributed by atoms with Gasteiger partial charge in [-0.3, -0.25) is 19.3 Å². The van der Waals surface area contributed by atoms with Gasteiger partial charge in [-0.2, -0.15) is 4.37 Å². The standard InChI is InChI=1S/C27H29N5O6S/c1-15-4-6-16(7-5-15)23(26(34)30-14-18-3-2-10-36-18)32(17-8-9-19-20(13-17)38-12-11-37-19)27(35)24-21(28)22(25(29)33)31-39-24/h4-9,13,18,23H,2-3,10-12,14,28H2,1H3,(H2,29,33)(H,30,34)/t18-,23+/m0/s1. The van der Waals surface area contributed by atoms with Gasteiger partial charge >= 0.3 is 0 Å². The van der Waals surface area contributed by atoms with Crippen LogP contribution in [0.15, 0.2) is 42.5 Å². The molecule has 3 aromatic rings. The summed E-state index contributed by atoms with van der Waals surface area (Å²) in [6.07, 6.45) is 1.67. The number of anilines is 2. The number of rotatable bonds is 8. The Labute approximate surface area is 229 Å². The quantitative estimate of drug-likeness (QED) is 0.385. The summed E-state index contributed by atoms with van der Waals surface area (Å²) in [5.74, 6) is -0.907. The van der Waals surface area contributed by atoms with E-state index in [0.717, 1.165) is 29.9 Å². The molecule has 0 saturated carbocycles. The SMILES string of the molecule is Cc1ccc([C@H](C(=O)NC[C@@H]2CCCO2)N(C(=O)c2snc(C(N)=O)c2N)c2ccc3c(c2)OCCO3)cc1. The summed E-state index contributed by atoms with van der Waals surface area (Å²) in [7, 11) is 0. The van der Waals surface area contributed by atoms with Crippen LogP contribution in [-0.4, -0.2) is 54.6 Å². The second-order valence-corrected chi connectivity index (χ2v) is 10.1. The second kappa shape index (κ2) is 11.3. The normalized spacial score (nSPS) is 16.9. The van der Waals surface area contributed by atoms with Gasteiger partial charge in [-0.25, -0.2) is 0 Å². The number of carbonyl (C=O) groups excluding carboxylic acids is 3. The lowest BCUT2D eigenvalue weighted by molar-refractivity contribution is -0.123. The van der Waals surface area contributed by atoms with Gasteiger partial charge in [-0.1, -0.05) is 29.8 Å². The summed E-state index contributed by atoms with van der Waals surface area (Å²) >= 11 is 0.750. The van der Waals surface area contributed by atoms with Crippen LogP contribution in [0.5, 0.6) is 11.5 Å². The lowest BCUT2D eigenvalue weighted by Crippen LogP contribution is -2.45. The van der Waals surface area contributed by atoms with Crippen LogP contribution in [0.25, 0.3) is 0 Å². The highest BCUT2D eigenvalue weighted by Gasteiger charge is 2.37. The average Bonchev–Trinajstić information content (AvgIpc) is 3.60. The first-order valence-corrected chi connectivity index (χ1v) is 13.3. The monoisotopic (exact) mass is 551 g/mol. The maximum Gasteiger partial charge on any atom is 0.273 e. The Morgan fingerprint density at radius 1 is 1.10 bits per heavy atom. The van der Waals surface area contributed by atoms with Gasteiger partial charge in [0.15, 0.2) is 17.2 Å². The van der Waals surface area contributed by atoms with Crippen molar-refractivity contribution in [3.8, 4) is 11.5 Å². The molecule has 12 heteroatoms. The molecular formula is C27H29N5O6S. The number of benzene rings is 2. The first-order chi connectivity index (χ1) is 18.8. The Morgan fingerprint density at radius 2 is 1.85 bits per heavy atom. The number of amides is 3. The molecule has 1 aromatic heterocycles. The van der Waals surface area contributed by atoms with Gasteiger partial charge in [-0.15, -0.1) is 0 Å². The van der Waals surface area contributed by atoms with Crippen molar-refractivity contribution in [2.45, 2.75) is 31.9 Å². The van der Waals surface area contributed by atoms with Crippen molar-refractivity contribution >= 4 is 40.6 Å². The molecule has 204 valence electrons. The molecule has 2 atom stereocenters. The first kappa shape index (κ1) is 26.4. The lowest BCUT2D eigenvalue weighted by Gasteiger charge is -2.32. The Kier molecular flexibility index (Phi) is 7.66. The van der Waals surface area contributed by atoms with E-state index in [9.17, 15) is 14.4 Å². The zero-order valence-electron chi connectivity index (χ0n) is 21.3. The van der Waals surface area contributed by atoms with Crippen LogP contribution in [0.4, 0.5) is 11.4 Å². The Hall–Kier alpha value is -4.16. The molecule has 2 aromatic carbocycles. The third kappa shape index (κ3) is 5.52. The summed E-state index contributed by atoms with van der Waals surface area (Å²) in [4.78, 5) is 41.2. The van der Waals surface area contributed by atoms with Crippen molar-refractivity contribution in [1.82, 2.24) is 9.69 Å². The van der Waals surface area contributed by atoms with Crippen molar-refractivity contribution in [2.75, 3.05) is 37.0 Å². The van der Waals surface area contributed by atoms with Gasteiger partial charge in [0.2, 0.25) is 5.91 Å². The number of primary amides is 1. The maximum absolute atomic E-state index is 14.2. The van der Waals surface area contributed by atoms with E-state index in [1.807, 2.05) is 19.1 Å². The Bertz CT molecular complexity index is 1390. The van der Waals surface area contributed by atoms with Crippen LogP contribution in [0, 0.1) is 6.92 Å². The summed E-state index contributed by atoms with van der Waals surface area (Å²) in [6.45, 7) is 3.64. The Balaban J connectivity index is 1.61. The van der Waals surface area contributed by atoms with Crippen molar-refractivity contribution in [2.24, 2.45) is 5.73 Å². The Morgan fingerprint density at radius 3 is 2.51 bits per heavy atom. The molecule has 2 aliphatic heterocycles. The number of aryl methyl sites for hydroxylation is 1. The summed E-state index contributed by atoms with van der Waals surface area (Å²) in [5.41, 5.74) is 13.2. The highest BCUT2D eigenvalue weighted by molar-refractivity contribution is 7.09. The molecule has 2 aliphatic rings. The number of hydrogen-bond donors (Lipinski definition) is 3. The third-order valence-corrected chi connectivity index (χ3v) is 7.46. The topological polar surface area (TPSA) is 159 Å². The van der Waals surface area contributed by atoms with Crippen molar-refractivity contribution in [1.29, 1.82) is 0 Å². The molecule has 1 saturated heterocycles. The highest BCUT2D eigenvalue weighted by atomic mass is 32.1. The average molecular weight is 552 g/mol. The van der Waals surface area contributed by atoms with E-state index >= 15 is 0 Å². The van der Waals surface area contributed by atoms with Crippen LogP contribution in [-0.2, 0) is 9.53 Å². The predicted octanol–water partition coefficient (Wildman–Crippen LogP) is 2.59. The molecule has 3 amide bonds. The minimum absolute atomic E-state index is 0.0114. The predicted molar refractivity (Wildman–Crippen MR) is 145 cm³/mol. The smallest absolute Gasteiger partial charge is 0.273 e. The minimum Gasteiger partial charge on any atom is -0.486 e. The number of ether oxygens (including phenoxy) is 3. The third-order valence-electron chi connectivity index (χ3n) is 6.61. The molecule has 0 unspecified atom stereocenters. The fraction of sp³-hybridized carbons (Fsp3) is 0.333.